The minimum absolute atomic E-state index is 0.884. The molecule has 1 aliphatic rings. The molecule has 0 N–H and O–H groups in total. The molecule has 1 rings (SSSR count). The van der Waals surface area contributed by atoms with Gasteiger partial charge in [0.15, 0.2) is 0 Å². The van der Waals surface area contributed by atoms with Gasteiger partial charge in [-0.25, -0.2) is 0 Å². The topological polar surface area (TPSA) is 49.4 Å². The second-order valence-corrected chi connectivity index (χ2v) is 3.07. The van der Waals surface area contributed by atoms with E-state index in [0.717, 1.165) is 0 Å². The van der Waals surface area contributed by atoms with Crippen LogP contribution in [0.5, 0.6) is 0 Å². The standard InChI is InChI=1S/CHN4S.Ag/c6-1-2-4-5-3-1;/h6H;. The van der Waals surface area contributed by atoms with Gasteiger partial charge in [-0.3, -0.25) is 0 Å². The number of nitrogens with zero attached hydrogens (tertiary/aromatic N) is 4. The van der Waals surface area contributed by atoms with E-state index in [1.54, 1.807) is 0 Å². The molecule has 7 heavy (non-hydrogen) atoms. The SMILES string of the molecule is S[C]1([Ag])N=NN=N1. The van der Waals surface area contributed by atoms with E-state index < -0.39 is 3.21 Å². The Balaban J connectivity index is 2.77. The van der Waals surface area contributed by atoms with E-state index in [4.69, 9.17) is 0 Å². The number of hydrogen-bond donors (Lipinski definition) is 1. The molecule has 0 amide bonds. The van der Waals surface area contributed by atoms with Gasteiger partial charge in [-0.05, 0) is 0 Å². The molecule has 0 bridgehead atoms. The molecule has 42 valence electrons. The summed E-state index contributed by atoms with van der Waals surface area (Å²) in [7, 11) is 0. The Kier molecular flexibility index (Phi) is 1.29. The molecular formula is CHAgN4S. The fraction of sp³-hybridized carbons (Fsp3) is 1.00. The van der Waals surface area contributed by atoms with Crippen LogP contribution in [-0.4, -0.2) is 3.21 Å². The van der Waals surface area contributed by atoms with Crippen molar-refractivity contribution in [3.8, 4) is 0 Å². The van der Waals surface area contributed by atoms with E-state index in [-0.39, 0.29) is 0 Å². The van der Waals surface area contributed by atoms with E-state index in [9.17, 15) is 0 Å². The fourth-order valence-corrected chi connectivity index (χ4v) is 0.380. The minimum atomic E-state index is -0.884. The average molecular weight is 209 g/mol. The first-order valence-corrected chi connectivity index (χ1v) is 2.61. The summed E-state index contributed by atoms with van der Waals surface area (Å²) in [4.78, 5) is 0. The molecule has 0 unspecified atom stereocenters. The molecule has 0 spiro atoms. The van der Waals surface area contributed by atoms with Gasteiger partial charge in [0.1, 0.15) is 0 Å². The molecule has 1 heterocycles. The van der Waals surface area contributed by atoms with Crippen LogP contribution in [0.25, 0.3) is 0 Å². The van der Waals surface area contributed by atoms with Gasteiger partial charge in [0.05, 0.1) is 0 Å². The van der Waals surface area contributed by atoms with Crippen molar-refractivity contribution in [2.24, 2.45) is 20.7 Å². The van der Waals surface area contributed by atoms with Crippen molar-refractivity contribution in [2.75, 3.05) is 0 Å². The first-order chi connectivity index (χ1) is 3.21. The van der Waals surface area contributed by atoms with Crippen LogP contribution in [-0.2, 0) is 21.1 Å². The third-order valence-corrected chi connectivity index (χ3v) is 0.844. The third kappa shape index (κ3) is 1.34. The van der Waals surface area contributed by atoms with Gasteiger partial charge in [-0.1, -0.05) is 0 Å². The first-order valence-electron chi connectivity index (χ1n) is 1.42. The van der Waals surface area contributed by atoms with Gasteiger partial charge < -0.3 is 0 Å². The second-order valence-electron chi connectivity index (χ2n) is 0.881. The summed E-state index contributed by atoms with van der Waals surface area (Å²) >= 11 is 6.85. The van der Waals surface area contributed by atoms with Gasteiger partial charge in [-0.2, -0.15) is 0 Å². The molecule has 0 aliphatic carbocycles. The quantitative estimate of drug-likeness (QED) is 0.455. The fourth-order valence-electron chi connectivity index (χ4n) is 0.167. The summed E-state index contributed by atoms with van der Waals surface area (Å²) in [6.45, 7) is 0. The Hall–Kier alpha value is 0.290. The van der Waals surface area contributed by atoms with Crippen molar-refractivity contribution in [1.82, 2.24) is 0 Å². The number of hydrogen-bond acceptors (Lipinski definition) is 5. The Morgan fingerprint density at radius 1 is 1.29 bits per heavy atom. The van der Waals surface area contributed by atoms with E-state index in [2.05, 4.69) is 54.4 Å². The zero-order chi connectivity index (χ0) is 5.33. The molecule has 0 atom stereocenters. The monoisotopic (exact) mass is 208 g/mol. The molecule has 0 saturated heterocycles. The van der Waals surface area contributed by atoms with Crippen LogP contribution in [0, 0.1) is 0 Å². The molecular weight excluding hydrogens is 208 g/mol. The molecule has 0 saturated carbocycles. The van der Waals surface area contributed by atoms with E-state index >= 15 is 0 Å². The summed E-state index contributed by atoms with van der Waals surface area (Å²) in [5, 5.41) is 13.3. The van der Waals surface area contributed by atoms with Gasteiger partial charge in [0.2, 0.25) is 0 Å². The zero-order valence-electron chi connectivity index (χ0n) is 3.04. The number of thiol groups is 1. The van der Waals surface area contributed by atoms with Crippen LogP contribution >= 0.6 is 12.6 Å². The van der Waals surface area contributed by atoms with Crippen LogP contribution in [0.15, 0.2) is 20.7 Å². The van der Waals surface area contributed by atoms with E-state index in [1.165, 1.54) is 0 Å². The van der Waals surface area contributed by atoms with Crippen LogP contribution < -0.4 is 0 Å². The maximum atomic E-state index is 3.84. The molecule has 0 fully saturated rings. The van der Waals surface area contributed by atoms with E-state index in [0.29, 0.717) is 0 Å². The van der Waals surface area contributed by atoms with Crippen LogP contribution in [0.3, 0.4) is 0 Å². The van der Waals surface area contributed by atoms with Crippen molar-refractivity contribution in [1.29, 1.82) is 0 Å². The van der Waals surface area contributed by atoms with Crippen LogP contribution in [0.2, 0.25) is 0 Å². The molecule has 0 radical (unpaired) electrons. The summed E-state index contributed by atoms with van der Waals surface area (Å²) in [6.07, 6.45) is 0. The van der Waals surface area contributed by atoms with Crippen LogP contribution in [0.1, 0.15) is 0 Å². The summed E-state index contributed by atoms with van der Waals surface area (Å²) < 4.78 is -0.884. The molecule has 0 aromatic carbocycles. The van der Waals surface area contributed by atoms with Crippen molar-refractivity contribution in [3.63, 3.8) is 0 Å². The Morgan fingerprint density at radius 2 is 1.71 bits per heavy atom. The maximum absolute atomic E-state index is 3.84. The van der Waals surface area contributed by atoms with Gasteiger partial charge in [0.25, 0.3) is 0 Å². The van der Waals surface area contributed by atoms with Crippen LogP contribution in [0.4, 0.5) is 0 Å². The van der Waals surface area contributed by atoms with E-state index in [1.807, 2.05) is 0 Å². The summed E-state index contributed by atoms with van der Waals surface area (Å²) in [6, 6.07) is 0. The van der Waals surface area contributed by atoms with Crippen molar-refractivity contribution in [2.45, 2.75) is 3.21 Å². The Morgan fingerprint density at radius 3 is 1.86 bits per heavy atom. The van der Waals surface area contributed by atoms with Crippen molar-refractivity contribution < 1.29 is 21.1 Å². The normalized spacial score (nSPS) is 23.9. The van der Waals surface area contributed by atoms with Gasteiger partial charge in [0, 0.05) is 0 Å². The molecule has 6 heteroatoms. The summed E-state index contributed by atoms with van der Waals surface area (Å²) in [5.74, 6) is 0. The van der Waals surface area contributed by atoms with Crippen molar-refractivity contribution in [3.05, 3.63) is 0 Å². The summed E-state index contributed by atoms with van der Waals surface area (Å²) in [5.41, 5.74) is 0. The van der Waals surface area contributed by atoms with Gasteiger partial charge in [-0.15, -0.1) is 0 Å². The molecule has 0 aromatic heterocycles. The zero-order valence-corrected chi connectivity index (χ0v) is 5.41. The Bertz CT molecular complexity index is 114. The predicted octanol–water partition coefficient (Wildman–Crippen LogP) is 0.907. The molecule has 4 nitrogen and oxygen atoms in total. The first kappa shape index (κ1) is 5.43. The predicted molar refractivity (Wildman–Crippen MR) is 21.4 cm³/mol. The Labute approximate surface area is 57.8 Å². The second kappa shape index (κ2) is 1.66. The average Bonchev–Trinajstić information content (AvgIpc) is 1.84. The molecule has 0 aromatic rings. The number of rotatable bonds is 0. The van der Waals surface area contributed by atoms with Gasteiger partial charge >= 0.3 is 57.6 Å². The third-order valence-electron chi connectivity index (χ3n) is 0.369. The molecule has 1 aliphatic heterocycles. The van der Waals surface area contributed by atoms with Crippen molar-refractivity contribution >= 4 is 12.6 Å².